The number of nitrogens with one attached hydrogen (secondary N) is 1. The lowest BCUT2D eigenvalue weighted by atomic mass is 9.98. The number of hydrogen-bond donors (Lipinski definition) is 1. The molecule has 4 heteroatoms. The average molecular weight is 280 g/mol. The monoisotopic (exact) mass is 279 g/mol. The van der Waals surface area contributed by atoms with Crippen LogP contribution in [0.1, 0.15) is 30.4 Å². The van der Waals surface area contributed by atoms with E-state index in [2.05, 4.69) is 30.4 Å². The van der Waals surface area contributed by atoms with Crippen molar-refractivity contribution in [3.05, 3.63) is 29.3 Å². The van der Waals surface area contributed by atoms with E-state index in [0.717, 1.165) is 25.1 Å². The minimum atomic E-state index is -0.0810. The molecule has 3 atom stereocenters. The summed E-state index contributed by atoms with van der Waals surface area (Å²) in [7, 11) is 0. The molecule has 0 saturated heterocycles. The maximum Gasteiger partial charge on any atom is 0.234 e. The first kappa shape index (κ1) is 12.8. The first-order valence-corrected chi connectivity index (χ1v) is 7.33. The second-order valence-corrected chi connectivity index (χ2v) is 5.76. The molecule has 1 aromatic carbocycles. The molecule has 19 heavy (non-hydrogen) atoms. The van der Waals surface area contributed by atoms with Crippen LogP contribution in [0.15, 0.2) is 18.2 Å². The van der Waals surface area contributed by atoms with Crippen LogP contribution in [0.25, 0.3) is 0 Å². The fraction of sp³-hybridized carbons (Fsp3) is 0.533. The maximum absolute atomic E-state index is 11.2. The summed E-state index contributed by atoms with van der Waals surface area (Å²) in [6.45, 7) is 2.84. The molecule has 3 rings (SSSR count). The van der Waals surface area contributed by atoms with Gasteiger partial charge in [0.15, 0.2) is 0 Å². The van der Waals surface area contributed by atoms with Crippen molar-refractivity contribution in [1.82, 2.24) is 5.32 Å². The van der Waals surface area contributed by atoms with E-state index in [1.165, 1.54) is 11.1 Å². The summed E-state index contributed by atoms with van der Waals surface area (Å²) in [6.07, 6.45) is 2.43. The summed E-state index contributed by atoms with van der Waals surface area (Å²) < 4.78 is 5.79. The first-order chi connectivity index (χ1) is 9.19. The van der Waals surface area contributed by atoms with Gasteiger partial charge in [0.1, 0.15) is 17.7 Å². The summed E-state index contributed by atoms with van der Waals surface area (Å²) in [6, 6.07) is 6.32. The third-order valence-electron chi connectivity index (χ3n) is 3.99. The zero-order valence-corrected chi connectivity index (χ0v) is 11.7. The van der Waals surface area contributed by atoms with E-state index in [1.807, 2.05) is 0 Å². The molecule has 0 radical (unpaired) electrons. The quantitative estimate of drug-likeness (QED) is 0.860. The number of alkyl halides is 1. The van der Waals surface area contributed by atoms with Crippen molar-refractivity contribution < 1.29 is 9.53 Å². The van der Waals surface area contributed by atoms with Crippen LogP contribution < -0.4 is 10.1 Å². The minimum Gasteiger partial charge on any atom is -0.490 e. The lowest BCUT2D eigenvalue weighted by Gasteiger charge is -2.07. The summed E-state index contributed by atoms with van der Waals surface area (Å²) in [5.74, 6) is 2.13. The zero-order chi connectivity index (χ0) is 13.4. The molecule has 1 aromatic rings. The maximum atomic E-state index is 11.2. The number of amides is 1. The van der Waals surface area contributed by atoms with Gasteiger partial charge in [-0.1, -0.05) is 12.1 Å². The van der Waals surface area contributed by atoms with Crippen molar-refractivity contribution in [2.45, 2.75) is 31.8 Å². The molecule has 1 aliphatic carbocycles. The molecule has 1 amide bonds. The second kappa shape index (κ2) is 5.04. The Morgan fingerprint density at radius 1 is 1.53 bits per heavy atom. The third kappa shape index (κ3) is 2.57. The molecule has 102 valence electrons. The molecule has 0 spiro atoms. The number of rotatable bonds is 4. The van der Waals surface area contributed by atoms with Gasteiger partial charge >= 0.3 is 0 Å². The predicted molar refractivity (Wildman–Crippen MR) is 74.8 cm³/mol. The lowest BCUT2D eigenvalue weighted by Crippen LogP contribution is -2.26. The van der Waals surface area contributed by atoms with Crippen molar-refractivity contribution in [1.29, 1.82) is 0 Å². The Kier molecular flexibility index (Phi) is 3.40. The molecule has 1 saturated carbocycles. The largest absolute Gasteiger partial charge is 0.490 e. The molecule has 1 fully saturated rings. The number of fused-ring (bicyclic) bond motifs is 1. The van der Waals surface area contributed by atoms with Crippen LogP contribution in [-0.4, -0.2) is 24.4 Å². The lowest BCUT2D eigenvalue weighted by molar-refractivity contribution is -0.118. The van der Waals surface area contributed by atoms with E-state index >= 15 is 0 Å². The number of hydrogen-bond acceptors (Lipinski definition) is 2. The van der Waals surface area contributed by atoms with Crippen molar-refractivity contribution in [2.24, 2.45) is 5.92 Å². The van der Waals surface area contributed by atoms with Crippen molar-refractivity contribution in [3.63, 3.8) is 0 Å². The van der Waals surface area contributed by atoms with Gasteiger partial charge in [-0.2, -0.15) is 0 Å². The van der Waals surface area contributed by atoms with Gasteiger partial charge in [0.05, 0.1) is 0 Å². The van der Waals surface area contributed by atoms with Crippen LogP contribution in [0.4, 0.5) is 0 Å². The molecule has 1 heterocycles. The van der Waals surface area contributed by atoms with Crippen molar-refractivity contribution in [2.75, 3.05) is 12.4 Å². The Labute approximate surface area is 118 Å². The highest BCUT2D eigenvalue weighted by Crippen LogP contribution is 2.50. The van der Waals surface area contributed by atoms with Crippen LogP contribution in [-0.2, 0) is 11.2 Å². The first-order valence-electron chi connectivity index (χ1n) is 6.80. The molecule has 0 aromatic heterocycles. The topological polar surface area (TPSA) is 38.3 Å². The van der Waals surface area contributed by atoms with Gasteiger partial charge in [0.25, 0.3) is 0 Å². The number of carbonyl (C=O) groups is 1. The Hall–Kier alpha value is -1.22. The van der Waals surface area contributed by atoms with Gasteiger partial charge in [-0.15, -0.1) is 11.6 Å². The average Bonchev–Trinajstić information content (AvgIpc) is 3.07. The van der Waals surface area contributed by atoms with E-state index < -0.39 is 0 Å². The second-order valence-electron chi connectivity index (χ2n) is 5.50. The number of carbonyl (C=O) groups excluding carboxylic acids is 1. The number of halogens is 1. The smallest absolute Gasteiger partial charge is 0.234 e. The SMILES string of the molecule is CC1Cc2c(cccc2C2CC2CNC(=O)CCl)O1. The Balaban J connectivity index is 1.66. The highest BCUT2D eigenvalue weighted by molar-refractivity contribution is 6.27. The van der Waals surface area contributed by atoms with E-state index in [4.69, 9.17) is 16.3 Å². The summed E-state index contributed by atoms with van der Waals surface area (Å²) in [5, 5.41) is 2.87. The molecule has 3 nitrogen and oxygen atoms in total. The van der Waals surface area contributed by atoms with E-state index in [9.17, 15) is 4.79 Å². The normalized spacial score (nSPS) is 27.6. The molecule has 0 bridgehead atoms. The molecule has 3 unspecified atom stereocenters. The predicted octanol–water partition coefficient (Wildman–Crippen LogP) is 2.47. The van der Waals surface area contributed by atoms with Crippen molar-refractivity contribution in [3.8, 4) is 5.75 Å². The highest BCUT2D eigenvalue weighted by Gasteiger charge is 2.40. The fourth-order valence-corrected chi connectivity index (χ4v) is 3.05. The molecule has 2 aliphatic rings. The van der Waals surface area contributed by atoms with Crippen LogP contribution in [0.2, 0.25) is 0 Å². The highest BCUT2D eigenvalue weighted by atomic mass is 35.5. The number of ether oxygens (including phenoxy) is 1. The van der Waals surface area contributed by atoms with E-state index in [1.54, 1.807) is 0 Å². The molecular formula is C15H18ClNO2. The van der Waals surface area contributed by atoms with Gasteiger partial charge in [0, 0.05) is 18.5 Å². The van der Waals surface area contributed by atoms with Crippen LogP contribution in [0.3, 0.4) is 0 Å². The Morgan fingerprint density at radius 2 is 2.37 bits per heavy atom. The van der Waals surface area contributed by atoms with Gasteiger partial charge < -0.3 is 10.1 Å². The van der Waals surface area contributed by atoms with E-state index in [0.29, 0.717) is 11.8 Å². The van der Waals surface area contributed by atoms with Gasteiger partial charge in [-0.25, -0.2) is 0 Å². The molecular weight excluding hydrogens is 262 g/mol. The Morgan fingerprint density at radius 3 is 3.16 bits per heavy atom. The van der Waals surface area contributed by atoms with Gasteiger partial charge in [-0.05, 0) is 36.8 Å². The summed E-state index contributed by atoms with van der Waals surface area (Å²) in [4.78, 5) is 11.2. The zero-order valence-electron chi connectivity index (χ0n) is 11.0. The standard InChI is InChI=1S/C15H18ClNO2/c1-9-5-13-11(3-2-4-14(13)19-9)12-6-10(12)8-17-15(18)7-16/h2-4,9-10,12H,5-8H2,1H3,(H,17,18). The van der Waals surface area contributed by atoms with Crippen molar-refractivity contribution >= 4 is 17.5 Å². The van der Waals surface area contributed by atoms with Crippen LogP contribution in [0.5, 0.6) is 5.75 Å². The van der Waals surface area contributed by atoms with Crippen LogP contribution in [0, 0.1) is 5.92 Å². The van der Waals surface area contributed by atoms with Gasteiger partial charge in [-0.3, -0.25) is 4.79 Å². The minimum absolute atomic E-state index is 0.0451. The van der Waals surface area contributed by atoms with Crippen LogP contribution >= 0.6 is 11.6 Å². The Bertz CT molecular complexity index is 503. The third-order valence-corrected chi connectivity index (χ3v) is 4.24. The summed E-state index contributed by atoms with van der Waals surface area (Å²) in [5.41, 5.74) is 2.78. The fourth-order valence-electron chi connectivity index (χ4n) is 2.95. The van der Waals surface area contributed by atoms with E-state index in [-0.39, 0.29) is 17.9 Å². The molecule has 1 N–H and O–H groups in total. The molecule has 1 aliphatic heterocycles. The number of benzene rings is 1. The summed E-state index contributed by atoms with van der Waals surface area (Å²) >= 11 is 5.47. The van der Waals surface area contributed by atoms with Gasteiger partial charge in [0.2, 0.25) is 5.91 Å².